The van der Waals surface area contributed by atoms with Gasteiger partial charge in [-0.3, -0.25) is 14.9 Å². The van der Waals surface area contributed by atoms with Crippen LogP contribution in [0.4, 0.5) is 10.5 Å². The monoisotopic (exact) mass is 588 g/mol. The summed E-state index contributed by atoms with van der Waals surface area (Å²) in [6.45, 7) is 3.60. The number of aryl methyl sites for hydroxylation is 2. The molecule has 1 N–H and O–H groups in total. The first kappa shape index (κ1) is 25.6. The molecule has 1 aliphatic rings. The molecule has 11 heteroatoms. The molecule has 0 unspecified atom stereocenters. The highest BCUT2D eigenvalue weighted by molar-refractivity contribution is 9.10. The summed E-state index contributed by atoms with van der Waals surface area (Å²) in [5, 5.41) is 2.34. The fourth-order valence-electron chi connectivity index (χ4n) is 3.39. The van der Waals surface area contributed by atoms with Crippen molar-refractivity contribution < 1.29 is 27.0 Å². The Kier molecular flexibility index (Phi) is 7.03. The number of benzene rings is 3. The molecule has 8 nitrogen and oxygen atoms in total. The van der Waals surface area contributed by atoms with E-state index in [-0.39, 0.29) is 26.9 Å². The number of amides is 4. The third-order valence-electron chi connectivity index (χ3n) is 5.28. The normalized spacial score (nSPS) is 15.3. The van der Waals surface area contributed by atoms with E-state index in [0.29, 0.717) is 0 Å². The fourth-order valence-corrected chi connectivity index (χ4v) is 4.78. The lowest BCUT2D eigenvalue weighted by Crippen LogP contribution is -2.54. The van der Waals surface area contributed by atoms with Crippen molar-refractivity contribution in [1.82, 2.24) is 5.32 Å². The minimum absolute atomic E-state index is 0.0537. The molecule has 0 aliphatic carbocycles. The topological polar surface area (TPSA) is 110 Å². The molecule has 4 rings (SSSR count). The summed E-state index contributed by atoms with van der Waals surface area (Å²) < 4.78 is 31.8. The predicted molar refractivity (Wildman–Crippen MR) is 138 cm³/mol. The Labute approximate surface area is 220 Å². The molecule has 1 heterocycles. The molecule has 1 fully saturated rings. The van der Waals surface area contributed by atoms with Crippen LogP contribution in [0.25, 0.3) is 6.08 Å². The molecule has 3 aromatic carbocycles. The molecular weight excluding hydrogens is 572 g/mol. The van der Waals surface area contributed by atoms with E-state index >= 15 is 0 Å². The number of imide groups is 2. The molecule has 0 atom stereocenters. The number of halogens is 2. The third-order valence-corrected chi connectivity index (χ3v) is 7.66. The number of urea groups is 1. The molecule has 0 bridgehead atoms. The summed E-state index contributed by atoms with van der Waals surface area (Å²) in [7, 11) is -4.23. The smallest absolute Gasteiger partial charge is 0.339 e. The van der Waals surface area contributed by atoms with Crippen LogP contribution in [0, 0.1) is 13.8 Å². The molecule has 184 valence electrons. The van der Waals surface area contributed by atoms with Crippen molar-refractivity contribution in [2.24, 2.45) is 0 Å². The second-order valence-corrected chi connectivity index (χ2v) is 10.8. The minimum Gasteiger partial charge on any atom is -0.378 e. The van der Waals surface area contributed by atoms with E-state index in [9.17, 15) is 22.8 Å². The first-order chi connectivity index (χ1) is 17.0. The van der Waals surface area contributed by atoms with Crippen molar-refractivity contribution in [3.8, 4) is 5.75 Å². The highest BCUT2D eigenvalue weighted by Gasteiger charge is 2.37. The summed E-state index contributed by atoms with van der Waals surface area (Å²) in [6, 6.07) is 14.0. The Morgan fingerprint density at radius 2 is 1.67 bits per heavy atom. The van der Waals surface area contributed by atoms with E-state index in [4.69, 9.17) is 15.8 Å². The number of nitrogens with one attached hydrogen (secondary N) is 1. The lowest BCUT2D eigenvalue weighted by Gasteiger charge is -2.26. The first-order valence-electron chi connectivity index (χ1n) is 10.4. The predicted octanol–water partition coefficient (Wildman–Crippen LogP) is 5.15. The maximum absolute atomic E-state index is 13.3. The lowest BCUT2D eigenvalue weighted by atomic mass is 10.1. The summed E-state index contributed by atoms with van der Waals surface area (Å²) in [6.07, 6.45) is 1.13. The number of carbonyl (C=O) groups excluding carboxylic acids is 3. The van der Waals surface area contributed by atoms with Gasteiger partial charge in [-0.1, -0.05) is 45.2 Å². The van der Waals surface area contributed by atoms with Gasteiger partial charge in [0.2, 0.25) is 0 Å². The van der Waals surface area contributed by atoms with Crippen molar-refractivity contribution in [1.29, 1.82) is 0 Å². The molecular formula is C25H18BrClN2O6S. The highest BCUT2D eigenvalue weighted by Crippen LogP contribution is 2.31. The number of anilines is 1. The number of carbonyl (C=O) groups is 3. The Bertz CT molecular complexity index is 1550. The summed E-state index contributed by atoms with van der Waals surface area (Å²) in [4.78, 5) is 39.1. The molecule has 0 spiro atoms. The van der Waals surface area contributed by atoms with Crippen LogP contribution in [0.1, 0.15) is 16.7 Å². The molecule has 36 heavy (non-hydrogen) atoms. The summed E-state index contributed by atoms with van der Waals surface area (Å²) in [5.41, 5.74) is 1.53. The fraction of sp³-hybridized carbons (Fsp3) is 0.0800. The van der Waals surface area contributed by atoms with Gasteiger partial charge in [0, 0.05) is 15.1 Å². The van der Waals surface area contributed by atoms with Gasteiger partial charge in [0.25, 0.3) is 11.8 Å². The molecule has 0 saturated carbocycles. The largest absolute Gasteiger partial charge is 0.378 e. The van der Waals surface area contributed by atoms with Crippen LogP contribution < -0.4 is 14.4 Å². The standard InChI is InChI=1S/C25H18BrClN2O6S/c1-14-3-7-19(8-4-14)36(33,34)35-22-10-5-17(27)12-16(22)13-20-23(30)28-25(32)29(24(20)31)18-6-9-21(26)15(2)11-18/h3-13H,1-2H3,(H,28,30,32)/b20-13-. The Morgan fingerprint density at radius 3 is 2.33 bits per heavy atom. The van der Waals surface area contributed by atoms with Gasteiger partial charge < -0.3 is 4.18 Å². The first-order valence-corrected chi connectivity index (χ1v) is 13.0. The van der Waals surface area contributed by atoms with Gasteiger partial charge in [-0.05, 0) is 74.0 Å². The zero-order chi connectivity index (χ0) is 26.2. The van der Waals surface area contributed by atoms with Crippen LogP contribution >= 0.6 is 27.5 Å². The molecule has 3 aromatic rings. The van der Waals surface area contributed by atoms with Crippen LogP contribution in [0.5, 0.6) is 5.75 Å². The minimum atomic E-state index is -4.23. The molecule has 0 aromatic heterocycles. The van der Waals surface area contributed by atoms with Gasteiger partial charge in [0.05, 0.1) is 5.69 Å². The van der Waals surface area contributed by atoms with Crippen LogP contribution in [0.15, 0.2) is 75.6 Å². The van der Waals surface area contributed by atoms with Gasteiger partial charge in [-0.2, -0.15) is 8.42 Å². The summed E-state index contributed by atoms with van der Waals surface area (Å²) >= 11 is 9.47. The number of hydrogen-bond acceptors (Lipinski definition) is 6. The van der Waals surface area contributed by atoms with Crippen molar-refractivity contribution >= 4 is 67.3 Å². The number of rotatable bonds is 5. The van der Waals surface area contributed by atoms with Crippen molar-refractivity contribution in [3.05, 3.63) is 92.4 Å². The van der Waals surface area contributed by atoms with Crippen molar-refractivity contribution in [2.75, 3.05) is 4.90 Å². The quantitative estimate of drug-likeness (QED) is 0.250. The van der Waals surface area contributed by atoms with Gasteiger partial charge >= 0.3 is 16.1 Å². The van der Waals surface area contributed by atoms with Crippen LogP contribution in [-0.2, 0) is 19.7 Å². The van der Waals surface area contributed by atoms with Gasteiger partial charge in [-0.25, -0.2) is 9.69 Å². The van der Waals surface area contributed by atoms with E-state index in [1.807, 2.05) is 6.92 Å². The average molecular weight is 590 g/mol. The second-order valence-electron chi connectivity index (χ2n) is 7.92. The second kappa shape index (κ2) is 9.88. The number of hydrogen-bond donors (Lipinski definition) is 1. The molecule has 1 saturated heterocycles. The van der Waals surface area contributed by atoms with E-state index in [0.717, 1.165) is 26.6 Å². The van der Waals surface area contributed by atoms with E-state index < -0.39 is 33.5 Å². The van der Waals surface area contributed by atoms with Crippen molar-refractivity contribution in [3.63, 3.8) is 0 Å². The lowest BCUT2D eigenvalue weighted by molar-refractivity contribution is -0.122. The van der Waals surface area contributed by atoms with Crippen LogP contribution in [-0.4, -0.2) is 26.3 Å². The van der Waals surface area contributed by atoms with Gasteiger partial charge in [-0.15, -0.1) is 0 Å². The van der Waals surface area contributed by atoms with E-state index in [1.54, 1.807) is 37.3 Å². The average Bonchev–Trinajstić information content (AvgIpc) is 2.80. The van der Waals surface area contributed by atoms with Crippen LogP contribution in [0.3, 0.4) is 0 Å². The van der Waals surface area contributed by atoms with Crippen LogP contribution in [0.2, 0.25) is 5.02 Å². The maximum Gasteiger partial charge on any atom is 0.339 e. The highest BCUT2D eigenvalue weighted by atomic mass is 79.9. The SMILES string of the molecule is Cc1ccc(S(=O)(=O)Oc2ccc(Cl)cc2/C=C2/C(=O)NC(=O)N(c3ccc(Br)c(C)c3)C2=O)cc1. The third kappa shape index (κ3) is 5.20. The van der Waals surface area contributed by atoms with Gasteiger partial charge in [0.1, 0.15) is 16.2 Å². The zero-order valence-electron chi connectivity index (χ0n) is 18.9. The Morgan fingerprint density at radius 1 is 0.972 bits per heavy atom. The molecule has 4 amide bonds. The van der Waals surface area contributed by atoms with Crippen molar-refractivity contribution in [2.45, 2.75) is 18.7 Å². The Hall–Kier alpha value is -3.47. The molecule has 0 radical (unpaired) electrons. The number of nitrogens with zero attached hydrogens (tertiary/aromatic N) is 1. The maximum atomic E-state index is 13.3. The van der Waals surface area contributed by atoms with E-state index in [1.165, 1.54) is 30.3 Å². The zero-order valence-corrected chi connectivity index (χ0v) is 22.1. The molecule has 1 aliphatic heterocycles. The number of barbiturate groups is 1. The summed E-state index contributed by atoms with van der Waals surface area (Å²) in [5.74, 6) is -1.99. The Balaban J connectivity index is 1.75. The van der Waals surface area contributed by atoms with Gasteiger partial charge in [0.15, 0.2) is 0 Å². The van der Waals surface area contributed by atoms with E-state index in [2.05, 4.69) is 21.2 Å².